The van der Waals surface area contributed by atoms with Crippen LogP contribution in [0.3, 0.4) is 0 Å². The van der Waals surface area contributed by atoms with Crippen molar-refractivity contribution < 1.29 is 0 Å². The van der Waals surface area contributed by atoms with E-state index in [1.54, 1.807) is 11.3 Å². The summed E-state index contributed by atoms with van der Waals surface area (Å²) in [7, 11) is 0. The van der Waals surface area contributed by atoms with E-state index in [1.807, 2.05) is 0 Å². The average molecular weight is 306 g/mol. The molecule has 0 spiro atoms. The van der Waals surface area contributed by atoms with Crippen molar-refractivity contribution in [1.29, 1.82) is 0 Å². The molecule has 5 heteroatoms. The first-order chi connectivity index (χ1) is 10.2. The Morgan fingerprint density at radius 3 is 2.81 bits per heavy atom. The highest BCUT2D eigenvalue weighted by Crippen LogP contribution is 2.20. The van der Waals surface area contributed by atoms with Gasteiger partial charge in [-0.2, -0.15) is 0 Å². The summed E-state index contributed by atoms with van der Waals surface area (Å²) < 4.78 is 2.29. The molecule has 0 bridgehead atoms. The highest BCUT2D eigenvalue weighted by atomic mass is 32.1. The Bertz CT molecular complexity index is 595. The molecule has 0 aliphatic carbocycles. The molecule has 1 fully saturated rings. The van der Waals surface area contributed by atoms with Crippen molar-refractivity contribution in [2.75, 3.05) is 19.6 Å². The normalized spacial score (nSPS) is 18.4. The van der Waals surface area contributed by atoms with E-state index >= 15 is 0 Å². The van der Waals surface area contributed by atoms with E-state index in [0.717, 1.165) is 23.7 Å². The van der Waals surface area contributed by atoms with Crippen molar-refractivity contribution >= 4 is 16.3 Å². The van der Waals surface area contributed by atoms with Crippen molar-refractivity contribution in [3.63, 3.8) is 0 Å². The van der Waals surface area contributed by atoms with Gasteiger partial charge < -0.3 is 5.32 Å². The molecule has 0 aromatic carbocycles. The van der Waals surface area contributed by atoms with Gasteiger partial charge in [-0.25, -0.2) is 4.98 Å². The molecule has 116 valence electrons. The van der Waals surface area contributed by atoms with Crippen LogP contribution in [-0.2, 0) is 6.54 Å². The number of nitrogens with one attached hydrogen (secondary N) is 1. The number of likely N-dealkylation sites (tertiary alicyclic amines) is 1. The predicted octanol–water partition coefficient (Wildman–Crippen LogP) is 2.98. The third-order valence-corrected chi connectivity index (χ3v) is 5.52. The largest absolute Gasteiger partial charge is 0.310 e. The SMILES string of the molecule is Cc1nc2scc(C)n2c1CNCC(C)N1CCCCC1. The second-order valence-corrected chi connectivity index (χ2v) is 7.05. The second-order valence-electron chi connectivity index (χ2n) is 6.22. The average Bonchev–Trinajstić information content (AvgIpc) is 3.00. The first-order valence-electron chi connectivity index (χ1n) is 8.03. The molecular formula is C16H26N4S. The molecule has 1 N–H and O–H groups in total. The number of fused-ring (bicyclic) bond motifs is 1. The van der Waals surface area contributed by atoms with Crippen LogP contribution in [0.4, 0.5) is 0 Å². The number of thiazole rings is 1. The molecule has 3 heterocycles. The van der Waals surface area contributed by atoms with Gasteiger partial charge in [-0.3, -0.25) is 9.30 Å². The van der Waals surface area contributed by atoms with E-state index in [2.05, 4.69) is 45.8 Å². The fraction of sp³-hybridized carbons (Fsp3) is 0.688. The number of rotatable bonds is 5. The Hall–Kier alpha value is -0.910. The Morgan fingerprint density at radius 2 is 2.05 bits per heavy atom. The maximum atomic E-state index is 4.65. The van der Waals surface area contributed by atoms with Gasteiger partial charge in [0.05, 0.1) is 11.4 Å². The summed E-state index contributed by atoms with van der Waals surface area (Å²) >= 11 is 1.73. The van der Waals surface area contributed by atoms with Gasteiger partial charge in [0.15, 0.2) is 4.96 Å². The lowest BCUT2D eigenvalue weighted by molar-refractivity contribution is 0.170. The topological polar surface area (TPSA) is 32.6 Å². The quantitative estimate of drug-likeness (QED) is 0.922. The molecule has 0 saturated carbocycles. The monoisotopic (exact) mass is 306 g/mol. The minimum atomic E-state index is 0.623. The van der Waals surface area contributed by atoms with Crippen LogP contribution in [0.1, 0.15) is 43.3 Å². The van der Waals surface area contributed by atoms with Gasteiger partial charge in [-0.15, -0.1) is 11.3 Å². The fourth-order valence-corrected chi connectivity index (χ4v) is 4.19. The van der Waals surface area contributed by atoms with Crippen LogP contribution in [0.5, 0.6) is 0 Å². The van der Waals surface area contributed by atoms with Gasteiger partial charge in [-0.1, -0.05) is 6.42 Å². The summed E-state index contributed by atoms with van der Waals surface area (Å²) in [4.78, 5) is 8.39. The van der Waals surface area contributed by atoms with E-state index in [1.165, 1.54) is 43.7 Å². The molecule has 1 unspecified atom stereocenters. The summed E-state index contributed by atoms with van der Waals surface area (Å²) in [6, 6.07) is 0.623. The minimum absolute atomic E-state index is 0.623. The third kappa shape index (κ3) is 3.15. The summed E-state index contributed by atoms with van der Waals surface area (Å²) in [5.41, 5.74) is 3.76. The number of hydrogen-bond acceptors (Lipinski definition) is 4. The van der Waals surface area contributed by atoms with Gasteiger partial charge >= 0.3 is 0 Å². The Morgan fingerprint density at radius 1 is 1.29 bits per heavy atom. The molecule has 0 radical (unpaired) electrons. The van der Waals surface area contributed by atoms with E-state index < -0.39 is 0 Å². The zero-order valence-electron chi connectivity index (χ0n) is 13.4. The lowest BCUT2D eigenvalue weighted by atomic mass is 10.1. The van der Waals surface area contributed by atoms with Gasteiger partial charge in [0, 0.05) is 30.2 Å². The standard InChI is InChI=1S/C16H26N4S/c1-12(19-7-5-4-6-8-19)9-17-10-15-14(3)18-16-20(15)13(2)11-21-16/h11-12,17H,4-10H2,1-3H3. The lowest BCUT2D eigenvalue weighted by Gasteiger charge is -2.32. The number of aromatic nitrogens is 2. The van der Waals surface area contributed by atoms with Crippen molar-refractivity contribution in [3.05, 3.63) is 22.5 Å². The Kier molecular flexibility index (Phi) is 4.62. The molecule has 21 heavy (non-hydrogen) atoms. The highest BCUT2D eigenvalue weighted by molar-refractivity contribution is 7.15. The molecular weight excluding hydrogens is 280 g/mol. The summed E-state index contributed by atoms with van der Waals surface area (Å²) in [6.07, 6.45) is 4.13. The Balaban J connectivity index is 1.59. The zero-order chi connectivity index (χ0) is 14.8. The lowest BCUT2D eigenvalue weighted by Crippen LogP contribution is -2.43. The number of nitrogens with zero attached hydrogens (tertiary/aromatic N) is 3. The predicted molar refractivity (Wildman–Crippen MR) is 89.1 cm³/mol. The van der Waals surface area contributed by atoms with Gasteiger partial charge in [-0.05, 0) is 46.7 Å². The molecule has 1 saturated heterocycles. The fourth-order valence-electron chi connectivity index (χ4n) is 3.26. The van der Waals surface area contributed by atoms with Crippen LogP contribution in [0, 0.1) is 13.8 Å². The van der Waals surface area contributed by atoms with E-state index in [4.69, 9.17) is 0 Å². The van der Waals surface area contributed by atoms with Crippen LogP contribution in [0.2, 0.25) is 0 Å². The maximum Gasteiger partial charge on any atom is 0.194 e. The van der Waals surface area contributed by atoms with E-state index in [0.29, 0.717) is 6.04 Å². The second kappa shape index (κ2) is 6.46. The maximum absolute atomic E-state index is 4.65. The molecule has 4 nitrogen and oxygen atoms in total. The van der Waals surface area contributed by atoms with Crippen LogP contribution in [0.15, 0.2) is 5.38 Å². The van der Waals surface area contributed by atoms with Crippen LogP contribution in [0.25, 0.3) is 4.96 Å². The van der Waals surface area contributed by atoms with Crippen LogP contribution < -0.4 is 5.32 Å². The number of imidazole rings is 1. The first-order valence-corrected chi connectivity index (χ1v) is 8.91. The smallest absolute Gasteiger partial charge is 0.194 e. The van der Waals surface area contributed by atoms with Crippen molar-refractivity contribution in [3.8, 4) is 0 Å². The van der Waals surface area contributed by atoms with Crippen molar-refractivity contribution in [2.45, 2.75) is 52.6 Å². The highest BCUT2D eigenvalue weighted by Gasteiger charge is 2.17. The molecule has 1 aliphatic heterocycles. The third-order valence-electron chi connectivity index (χ3n) is 4.58. The van der Waals surface area contributed by atoms with Crippen molar-refractivity contribution in [2.24, 2.45) is 0 Å². The number of hydrogen-bond donors (Lipinski definition) is 1. The van der Waals surface area contributed by atoms with E-state index in [-0.39, 0.29) is 0 Å². The molecule has 1 aliphatic rings. The summed E-state index contributed by atoms with van der Waals surface area (Å²) in [5, 5.41) is 5.82. The molecule has 0 amide bonds. The number of piperidine rings is 1. The van der Waals surface area contributed by atoms with Crippen LogP contribution in [-0.4, -0.2) is 40.0 Å². The Labute approximate surface area is 131 Å². The zero-order valence-corrected chi connectivity index (χ0v) is 14.2. The molecule has 3 rings (SSSR count). The van der Waals surface area contributed by atoms with E-state index in [9.17, 15) is 0 Å². The summed E-state index contributed by atoms with van der Waals surface area (Å²) in [5.74, 6) is 0. The molecule has 2 aromatic heterocycles. The van der Waals surface area contributed by atoms with Gasteiger partial charge in [0.1, 0.15) is 0 Å². The number of aryl methyl sites for hydroxylation is 2. The minimum Gasteiger partial charge on any atom is -0.310 e. The van der Waals surface area contributed by atoms with Gasteiger partial charge in [0.2, 0.25) is 0 Å². The molecule has 1 atom stereocenters. The van der Waals surface area contributed by atoms with Gasteiger partial charge in [0.25, 0.3) is 0 Å². The molecule has 2 aromatic rings. The summed E-state index contributed by atoms with van der Waals surface area (Å²) in [6.45, 7) is 11.1. The first kappa shape index (κ1) is 15.0. The van der Waals surface area contributed by atoms with Crippen molar-refractivity contribution in [1.82, 2.24) is 19.6 Å². The van der Waals surface area contributed by atoms with Crippen LogP contribution >= 0.6 is 11.3 Å².